The van der Waals surface area contributed by atoms with E-state index in [-0.39, 0.29) is 0 Å². The summed E-state index contributed by atoms with van der Waals surface area (Å²) in [5.74, 6) is 0. The molecule has 0 heterocycles. The van der Waals surface area contributed by atoms with Crippen LogP contribution in [0.4, 0.5) is 0 Å². The number of hydrogen-bond donors (Lipinski definition) is 0. The van der Waals surface area contributed by atoms with Crippen LogP contribution < -0.4 is 10.4 Å². The second-order valence-electron chi connectivity index (χ2n) is 5.02. The van der Waals surface area contributed by atoms with Crippen LogP contribution in [0, 0.1) is 10.4 Å². The minimum atomic E-state index is 1.00. The lowest BCUT2D eigenvalue weighted by Crippen LogP contribution is -2.06. The average Bonchev–Trinajstić information content (AvgIpc) is 2.64. The van der Waals surface area contributed by atoms with Crippen molar-refractivity contribution in [1.82, 2.24) is 0 Å². The summed E-state index contributed by atoms with van der Waals surface area (Å²) in [4.78, 5) is 0. The van der Waals surface area contributed by atoms with E-state index < -0.39 is 0 Å². The van der Waals surface area contributed by atoms with Gasteiger partial charge in [-0.1, -0.05) is 60.7 Å². The molecule has 0 unspecified atom stereocenters. The van der Waals surface area contributed by atoms with Gasteiger partial charge in [-0.05, 0) is 50.2 Å². The Morgan fingerprint density at radius 1 is 0.579 bits per heavy atom. The SMILES string of the molecule is C1=c2ccccc2=c2cc3ccccc3cc2=CC1. The van der Waals surface area contributed by atoms with Gasteiger partial charge in [-0.2, -0.15) is 0 Å². The van der Waals surface area contributed by atoms with Crippen molar-refractivity contribution in [2.24, 2.45) is 0 Å². The van der Waals surface area contributed by atoms with Gasteiger partial charge in [-0.3, -0.25) is 0 Å². The first-order chi connectivity index (χ1) is 9.42. The molecule has 0 saturated carbocycles. The molecular weight excluding hydrogens is 228 g/mol. The fraction of sp³-hybridized carbons (Fsp3) is 0.0526. The average molecular weight is 242 g/mol. The molecule has 3 aromatic rings. The molecule has 4 rings (SSSR count). The maximum absolute atomic E-state index is 2.32. The molecule has 0 aromatic heterocycles. The molecule has 0 N–H and O–H groups in total. The van der Waals surface area contributed by atoms with Crippen molar-refractivity contribution >= 4 is 22.9 Å². The van der Waals surface area contributed by atoms with Gasteiger partial charge in [-0.15, -0.1) is 0 Å². The maximum atomic E-state index is 2.32. The molecule has 0 heteroatoms. The minimum absolute atomic E-state index is 1.00. The number of rotatable bonds is 0. The monoisotopic (exact) mass is 242 g/mol. The van der Waals surface area contributed by atoms with E-state index in [0.29, 0.717) is 0 Å². The summed E-state index contributed by atoms with van der Waals surface area (Å²) in [7, 11) is 0. The number of hydrogen-bond acceptors (Lipinski definition) is 0. The molecule has 90 valence electrons. The van der Waals surface area contributed by atoms with E-state index in [1.807, 2.05) is 0 Å². The lowest BCUT2D eigenvalue weighted by atomic mass is 10.1. The first kappa shape index (κ1) is 10.6. The largest absolute Gasteiger partial charge is 0.0728 e. The number of benzene rings is 3. The van der Waals surface area contributed by atoms with E-state index in [4.69, 9.17) is 0 Å². The normalized spacial score (nSPS) is 12.8. The minimum Gasteiger partial charge on any atom is -0.0728 e. The molecule has 1 aliphatic rings. The molecule has 0 fully saturated rings. The molecule has 0 saturated heterocycles. The third-order valence-electron chi connectivity index (χ3n) is 3.84. The van der Waals surface area contributed by atoms with Gasteiger partial charge < -0.3 is 0 Å². The Hall–Kier alpha value is -2.34. The lowest BCUT2D eigenvalue weighted by Gasteiger charge is -1.98. The summed E-state index contributed by atoms with van der Waals surface area (Å²) in [6.45, 7) is 0. The molecule has 1 aliphatic carbocycles. The summed E-state index contributed by atoms with van der Waals surface area (Å²) < 4.78 is 0. The zero-order chi connectivity index (χ0) is 12.7. The summed E-state index contributed by atoms with van der Waals surface area (Å²) in [5, 5.41) is 8.01. The zero-order valence-corrected chi connectivity index (χ0v) is 10.6. The summed E-state index contributed by atoms with van der Waals surface area (Å²) in [6, 6.07) is 21.9. The third-order valence-corrected chi connectivity index (χ3v) is 3.84. The quantitative estimate of drug-likeness (QED) is 0.568. The van der Waals surface area contributed by atoms with Crippen LogP contribution in [0.15, 0.2) is 60.7 Å². The predicted molar refractivity (Wildman–Crippen MR) is 80.9 cm³/mol. The van der Waals surface area contributed by atoms with E-state index in [0.717, 1.165) is 6.42 Å². The Morgan fingerprint density at radius 2 is 1.26 bits per heavy atom. The van der Waals surface area contributed by atoms with E-state index in [1.54, 1.807) is 0 Å². The van der Waals surface area contributed by atoms with Crippen LogP contribution in [0.1, 0.15) is 6.42 Å². The molecule has 0 spiro atoms. The van der Waals surface area contributed by atoms with Gasteiger partial charge in [0.15, 0.2) is 0 Å². The Bertz CT molecular complexity index is 978. The van der Waals surface area contributed by atoms with Gasteiger partial charge in [0.25, 0.3) is 0 Å². The maximum Gasteiger partial charge on any atom is -0.0102 e. The topological polar surface area (TPSA) is 0 Å². The highest BCUT2D eigenvalue weighted by molar-refractivity contribution is 5.82. The van der Waals surface area contributed by atoms with Gasteiger partial charge in [0, 0.05) is 0 Å². The van der Waals surface area contributed by atoms with Crippen molar-refractivity contribution in [3.63, 3.8) is 0 Å². The van der Waals surface area contributed by atoms with Crippen molar-refractivity contribution in [3.05, 3.63) is 81.5 Å². The molecule has 0 aliphatic heterocycles. The molecule has 0 amide bonds. The van der Waals surface area contributed by atoms with Crippen molar-refractivity contribution in [2.45, 2.75) is 6.42 Å². The Labute approximate surface area is 111 Å². The molecule has 0 atom stereocenters. The smallest absolute Gasteiger partial charge is 0.0102 e. The van der Waals surface area contributed by atoms with E-state index >= 15 is 0 Å². The predicted octanol–water partition coefficient (Wildman–Crippen LogP) is 3.09. The Balaban J connectivity index is 2.36. The van der Waals surface area contributed by atoms with Gasteiger partial charge in [-0.25, -0.2) is 0 Å². The van der Waals surface area contributed by atoms with E-state index in [9.17, 15) is 0 Å². The fourth-order valence-electron chi connectivity index (χ4n) is 2.89. The highest BCUT2D eigenvalue weighted by Gasteiger charge is 1.97. The van der Waals surface area contributed by atoms with Crippen LogP contribution >= 0.6 is 0 Å². The van der Waals surface area contributed by atoms with E-state index in [2.05, 4.69) is 72.8 Å². The van der Waals surface area contributed by atoms with E-state index in [1.165, 1.54) is 31.6 Å². The molecule has 3 aromatic carbocycles. The van der Waals surface area contributed by atoms with Crippen LogP contribution in [-0.2, 0) is 0 Å². The summed E-state index contributed by atoms with van der Waals surface area (Å²) in [5.41, 5.74) is 0. The highest BCUT2D eigenvalue weighted by atomic mass is 14.0. The Morgan fingerprint density at radius 3 is 2.16 bits per heavy atom. The molecule has 19 heavy (non-hydrogen) atoms. The number of fused-ring (bicyclic) bond motifs is 3. The summed E-state index contributed by atoms with van der Waals surface area (Å²) >= 11 is 0. The molecule has 0 bridgehead atoms. The van der Waals surface area contributed by atoms with Gasteiger partial charge in [0.2, 0.25) is 0 Å². The van der Waals surface area contributed by atoms with Crippen molar-refractivity contribution in [1.29, 1.82) is 0 Å². The highest BCUT2D eigenvalue weighted by Crippen LogP contribution is 2.11. The molecular formula is C19H14. The van der Waals surface area contributed by atoms with Crippen LogP contribution in [0.5, 0.6) is 0 Å². The van der Waals surface area contributed by atoms with Crippen molar-refractivity contribution < 1.29 is 0 Å². The van der Waals surface area contributed by atoms with Gasteiger partial charge in [0.05, 0.1) is 0 Å². The Kier molecular flexibility index (Phi) is 2.28. The second-order valence-corrected chi connectivity index (χ2v) is 5.02. The van der Waals surface area contributed by atoms with Crippen molar-refractivity contribution in [2.75, 3.05) is 0 Å². The van der Waals surface area contributed by atoms with Gasteiger partial charge >= 0.3 is 0 Å². The first-order valence-corrected chi connectivity index (χ1v) is 6.70. The van der Waals surface area contributed by atoms with Crippen LogP contribution in [0.25, 0.3) is 22.9 Å². The summed E-state index contributed by atoms with van der Waals surface area (Å²) in [6.07, 6.45) is 5.63. The van der Waals surface area contributed by atoms with Crippen LogP contribution in [0.2, 0.25) is 0 Å². The molecule has 0 radical (unpaired) electrons. The standard InChI is InChI=1S/C19H14/c1-2-8-16-13-19-17(12-15(16)7-1)10-5-9-14-6-3-4-11-18(14)19/h1-4,6-13H,5H2. The first-order valence-electron chi connectivity index (χ1n) is 6.70. The lowest BCUT2D eigenvalue weighted by molar-refractivity contribution is 1.43. The van der Waals surface area contributed by atoms with Crippen LogP contribution in [-0.4, -0.2) is 0 Å². The molecule has 0 nitrogen and oxygen atoms in total. The zero-order valence-electron chi connectivity index (χ0n) is 10.6. The van der Waals surface area contributed by atoms with Crippen molar-refractivity contribution in [3.8, 4) is 0 Å². The fourth-order valence-corrected chi connectivity index (χ4v) is 2.89. The van der Waals surface area contributed by atoms with Crippen LogP contribution in [0.3, 0.4) is 0 Å². The van der Waals surface area contributed by atoms with Gasteiger partial charge in [0.1, 0.15) is 0 Å². The third kappa shape index (κ3) is 1.68. The second kappa shape index (κ2) is 4.10.